The molecule has 7 nitrogen and oxygen atoms in total. The Kier molecular flexibility index (Phi) is 6.67. The molecule has 0 radical (unpaired) electrons. The number of sulfonamides is 1. The van der Waals surface area contributed by atoms with Crippen LogP contribution in [0.1, 0.15) is 40.9 Å². The largest absolute Gasteiger partial charge is 0.346 e. The zero-order valence-corrected chi connectivity index (χ0v) is 15.5. The highest BCUT2D eigenvalue weighted by Crippen LogP contribution is 2.15. The summed E-state index contributed by atoms with van der Waals surface area (Å²) in [5.74, 6) is -0.340. The van der Waals surface area contributed by atoms with Crippen molar-refractivity contribution in [3.8, 4) is 12.1 Å². The number of benzene rings is 2. The monoisotopic (exact) mass is 382 g/mol. The van der Waals surface area contributed by atoms with Crippen molar-refractivity contribution in [2.45, 2.75) is 24.3 Å². The first-order valence-corrected chi connectivity index (χ1v) is 9.63. The number of hydrogen-bond acceptors (Lipinski definition) is 5. The highest BCUT2D eigenvalue weighted by Gasteiger charge is 2.15. The summed E-state index contributed by atoms with van der Waals surface area (Å²) in [5.41, 5.74) is 1.71. The quantitative estimate of drug-likeness (QED) is 0.711. The van der Waals surface area contributed by atoms with E-state index in [0.717, 1.165) is 5.56 Å². The van der Waals surface area contributed by atoms with Crippen molar-refractivity contribution in [2.75, 3.05) is 6.54 Å². The maximum absolute atomic E-state index is 12.4. The number of rotatable bonds is 7. The molecule has 1 atom stereocenters. The average Bonchev–Trinajstić information content (AvgIpc) is 2.68. The number of carbonyl (C=O) groups is 1. The molecule has 27 heavy (non-hydrogen) atoms. The lowest BCUT2D eigenvalue weighted by atomic mass is 10.1. The van der Waals surface area contributed by atoms with E-state index in [4.69, 9.17) is 10.5 Å². The minimum atomic E-state index is -3.71. The van der Waals surface area contributed by atoms with Crippen molar-refractivity contribution in [2.24, 2.45) is 0 Å². The van der Waals surface area contributed by atoms with E-state index in [9.17, 15) is 13.2 Å². The second-order valence-electron chi connectivity index (χ2n) is 5.76. The van der Waals surface area contributed by atoms with Gasteiger partial charge < -0.3 is 5.32 Å². The van der Waals surface area contributed by atoms with E-state index < -0.39 is 10.0 Å². The summed E-state index contributed by atoms with van der Waals surface area (Å²) in [5, 5.41) is 20.1. The van der Waals surface area contributed by atoms with Crippen LogP contribution in [-0.2, 0) is 10.0 Å². The summed E-state index contributed by atoms with van der Waals surface area (Å²) in [6.45, 7) is 1.85. The number of nitrogens with zero attached hydrogens (tertiary/aromatic N) is 2. The van der Waals surface area contributed by atoms with Gasteiger partial charge in [-0.15, -0.1) is 0 Å². The maximum atomic E-state index is 12.4. The smallest absolute Gasteiger partial charge is 0.251 e. The fraction of sp³-hybridized carbons (Fsp3) is 0.211. The lowest BCUT2D eigenvalue weighted by molar-refractivity contribution is 0.0940. The van der Waals surface area contributed by atoms with E-state index >= 15 is 0 Å². The van der Waals surface area contributed by atoms with Crippen LogP contribution in [0.4, 0.5) is 0 Å². The van der Waals surface area contributed by atoms with Gasteiger partial charge in [0.05, 0.1) is 28.6 Å². The first-order chi connectivity index (χ1) is 12.9. The van der Waals surface area contributed by atoms with Gasteiger partial charge in [0.15, 0.2) is 0 Å². The molecule has 0 spiro atoms. The van der Waals surface area contributed by atoms with Crippen LogP contribution in [0, 0.1) is 22.7 Å². The Balaban J connectivity index is 2.04. The summed E-state index contributed by atoms with van der Waals surface area (Å²) in [6, 6.07) is 16.1. The molecule has 0 aromatic heterocycles. The average molecular weight is 382 g/mol. The summed E-state index contributed by atoms with van der Waals surface area (Å²) in [6.07, 6.45) is 0.0763. The second-order valence-corrected chi connectivity index (χ2v) is 7.53. The molecule has 1 unspecified atom stereocenters. The predicted octanol–water partition coefficient (Wildman–Crippen LogP) is 2.24. The number of nitriles is 2. The molecule has 0 heterocycles. The first-order valence-electron chi connectivity index (χ1n) is 8.15. The third-order valence-corrected chi connectivity index (χ3v) is 5.32. The van der Waals surface area contributed by atoms with Crippen molar-refractivity contribution in [1.29, 1.82) is 10.5 Å². The van der Waals surface area contributed by atoms with Crippen molar-refractivity contribution in [3.05, 3.63) is 65.2 Å². The van der Waals surface area contributed by atoms with E-state index in [1.165, 1.54) is 24.3 Å². The molecule has 0 aliphatic rings. The SMILES string of the molecule is CC(NC(=O)c1ccc(S(=O)(=O)NCCC#N)cc1)c1ccc(C#N)cc1. The molecule has 2 N–H and O–H groups in total. The minimum absolute atomic E-state index is 0.0251. The summed E-state index contributed by atoms with van der Waals surface area (Å²) < 4.78 is 26.4. The van der Waals surface area contributed by atoms with Crippen molar-refractivity contribution < 1.29 is 13.2 Å². The van der Waals surface area contributed by atoms with E-state index in [0.29, 0.717) is 11.1 Å². The van der Waals surface area contributed by atoms with Crippen LogP contribution < -0.4 is 10.0 Å². The minimum Gasteiger partial charge on any atom is -0.346 e. The van der Waals surface area contributed by atoms with Gasteiger partial charge in [0.25, 0.3) is 5.91 Å². The van der Waals surface area contributed by atoms with Gasteiger partial charge in [-0.1, -0.05) is 12.1 Å². The fourth-order valence-electron chi connectivity index (χ4n) is 2.32. The normalized spacial score (nSPS) is 11.8. The summed E-state index contributed by atoms with van der Waals surface area (Å²) in [4.78, 5) is 12.4. The summed E-state index contributed by atoms with van der Waals surface area (Å²) in [7, 11) is -3.71. The molecular formula is C19H18N4O3S. The van der Waals surface area contributed by atoms with Crippen LogP contribution in [0.3, 0.4) is 0 Å². The summed E-state index contributed by atoms with van der Waals surface area (Å²) >= 11 is 0. The van der Waals surface area contributed by atoms with Gasteiger partial charge in [-0.2, -0.15) is 10.5 Å². The van der Waals surface area contributed by atoms with Gasteiger partial charge in [0, 0.05) is 18.5 Å². The zero-order chi connectivity index (χ0) is 19.9. The number of carbonyl (C=O) groups excluding carboxylic acids is 1. The molecule has 0 bridgehead atoms. The van der Waals surface area contributed by atoms with E-state index in [2.05, 4.69) is 10.0 Å². The number of hydrogen-bond donors (Lipinski definition) is 2. The van der Waals surface area contributed by atoms with Crippen LogP contribution in [0.25, 0.3) is 0 Å². The van der Waals surface area contributed by atoms with Gasteiger partial charge in [0.2, 0.25) is 10.0 Å². The van der Waals surface area contributed by atoms with Crippen LogP contribution in [0.15, 0.2) is 53.4 Å². The zero-order valence-electron chi connectivity index (χ0n) is 14.6. The molecule has 2 aromatic rings. The second kappa shape index (κ2) is 8.95. The van der Waals surface area contributed by atoms with Gasteiger partial charge in [-0.3, -0.25) is 4.79 Å². The molecule has 8 heteroatoms. The van der Waals surface area contributed by atoms with Crippen LogP contribution in [-0.4, -0.2) is 20.9 Å². The number of nitrogens with one attached hydrogen (secondary N) is 2. The molecule has 0 aliphatic carbocycles. The van der Waals surface area contributed by atoms with Gasteiger partial charge in [-0.25, -0.2) is 13.1 Å². The molecule has 2 aromatic carbocycles. The molecule has 2 rings (SSSR count). The number of amides is 1. The van der Waals surface area contributed by atoms with Crippen molar-refractivity contribution >= 4 is 15.9 Å². The van der Waals surface area contributed by atoms with Crippen LogP contribution in [0.2, 0.25) is 0 Å². The molecular weight excluding hydrogens is 364 g/mol. The molecule has 0 saturated carbocycles. The standard InChI is InChI=1S/C19H18N4O3S/c1-14(16-5-3-15(13-21)4-6-16)23-19(24)17-7-9-18(10-8-17)27(25,26)22-12-2-11-20/h3-10,14,22H,2,12H2,1H3,(H,23,24). The Bertz CT molecular complexity index is 985. The Morgan fingerprint density at radius 3 is 2.26 bits per heavy atom. The van der Waals surface area contributed by atoms with Crippen LogP contribution >= 0.6 is 0 Å². The highest BCUT2D eigenvalue weighted by atomic mass is 32.2. The van der Waals surface area contributed by atoms with E-state index in [1.54, 1.807) is 24.3 Å². The Hall–Kier alpha value is -3.20. The van der Waals surface area contributed by atoms with Crippen LogP contribution in [0.5, 0.6) is 0 Å². The molecule has 0 saturated heterocycles. The predicted molar refractivity (Wildman–Crippen MR) is 98.9 cm³/mol. The Morgan fingerprint density at radius 1 is 1.07 bits per heavy atom. The first kappa shape index (κ1) is 20.1. The van der Waals surface area contributed by atoms with Crippen molar-refractivity contribution in [1.82, 2.24) is 10.0 Å². The lowest BCUT2D eigenvalue weighted by Crippen LogP contribution is -2.27. The third-order valence-electron chi connectivity index (χ3n) is 3.84. The Morgan fingerprint density at radius 2 is 1.70 bits per heavy atom. The Labute approximate surface area is 158 Å². The van der Waals surface area contributed by atoms with E-state index in [-0.39, 0.29) is 29.8 Å². The lowest BCUT2D eigenvalue weighted by Gasteiger charge is -2.14. The third kappa shape index (κ3) is 5.38. The van der Waals surface area contributed by atoms with Crippen molar-refractivity contribution in [3.63, 3.8) is 0 Å². The van der Waals surface area contributed by atoms with E-state index in [1.807, 2.05) is 19.1 Å². The highest BCUT2D eigenvalue weighted by molar-refractivity contribution is 7.89. The molecule has 0 aliphatic heterocycles. The molecule has 138 valence electrons. The fourth-order valence-corrected chi connectivity index (χ4v) is 3.35. The van der Waals surface area contributed by atoms with Gasteiger partial charge in [0.1, 0.15) is 0 Å². The topological polar surface area (TPSA) is 123 Å². The van der Waals surface area contributed by atoms with Gasteiger partial charge in [-0.05, 0) is 48.9 Å². The maximum Gasteiger partial charge on any atom is 0.251 e. The van der Waals surface area contributed by atoms with Gasteiger partial charge >= 0.3 is 0 Å². The molecule has 0 fully saturated rings. The molecule has 1 amide bonds.